The van der Waals surface area contributed by atoms with Crippen molar-refractivity contribution in [3.8, 4) is 23.0 Å². The molecule has 0 heterocycles. The van der Waals surface area contributed by atoms with Crippen molar-refractivity contribution in [1.82, 2.24) is 4.90 Å². The molecule has 0 aliphatic rings. The van der Waals surface area contributed by atoms with Crippen LogP contribution in [0.1, 0.15) is 13.8 Å². The molecule has 0 aromatic heterocycles. The van der Waals surface area contributed by atoms with Crippen molar-refractivity contribution in [2.75, 3.05) is 45.8 Å². The third kappa shape index (κ3) is 12.9. The third-order valence-corrected chi connectivity index (χ3v) is 11.0. The van der Waals surface area contributed by atoms with Gasteiger partial charge in [-0.25, -0.2) is 9.13 Å². The van der Waals surface area contributed by atoms with Crippen LogP contribution in [0.2, 0.25) is 0 Å². The standard InChI is InChI=1S/C33H40NO11P3/c1-3-38-46(35,39-4-2)29-34(25-27-40-47(36,42-30-17-9-5-10-18-30)43-31-19-11-6-12-20-31)26-28-41-48(37,44-32-21-13-7-14-22-32)45-33-23-15-8-16-24-33/h5-24H,3-4,25-29H2,1-2H3. The molecule has 12 nitrogen and oxygen atoms in total. The monoisotopic (exact) mass is 719 g/mol. The van der Waals surface area contributed by atoms with E-state index in [1.165, 1.54) is 0 Å². The third-order valence-electron chi connectivity index (χ3n) is 6.18. The zero-order valence-corrected chi connectivity index (χ0v) is 29.5. The molecule has 0 spiro atoms. The van der Waals surface area contributed by atoms with Crippen LogP contribution in [-0.4, -0.2) is 50.7 Å². The van der Waals surface area contributed by atoms with Crippen molar-refractivity contribution in [3.63, 3.8) is 0 Å². The van der Waals surface area contributed by atoms with Gasteiger partial charge in [-0.05, 0) is 62.4 Å². The smallest absolute Gasteiger partial charge is 0.395 e. The molecule has 0 bridgehead atoms. The first-order chi connectivity index (χ1) is 23.2. The Balaban J connectivity index is 1.49. The molecule has 0 N–H and O–H groups in total. The fourth-order valence-corrected chi connectivity index (χ4v) is 8.37. The Morgan fingerprint density at radius 2 is 0.750 bits per heavy atom. The zero-order valence-electron chi connectivity index (χ0n) is 26.8. The summed E-state index contributed by atoms with van der Waals surface area (Å²) in [6.07, 6.45) is -0.172. The molecule has 0 unspecified atom stereocenters. The van der Waals surface area contributed by atoms with E-state index in [1.807, 2.05) is 0 Å². The van der Waals surface area contributed by atoms with Gasteiger partial charge in [0.1, 0.15) is 29.3 Å². The van der Waals surface area contributed by atoms with Crippen LogP contribution in [0.25, 0.3) is 0 Å². The van der Waals surface area contributed by atoms with E-state index in [4.69, 9.17) is 36.2 Å². The second kappa shape index (κ2) is 18.9. The Morgan fingerprint density at radius 3 is 1.02 bits per heavy atom. The lowest BCUT2D eigenvalue weighted by Gasteiger charge is -2.27. The Labute approximate surface area is 281 Å². The lowest BCUT2D eigenvalue weighted by Crippen LogP contribution is -2.33. The number of hydrogen-bond donors (Lipinski definition) is 0. The van der Waals surface area contributed by atoms with Gasteiger partial charge in [0.2, 0.25) is 0 Å². The van der Waals surface area contributed by atoms with E-state index in [2.05, 4.69) is 0 Å². The topological polar surface area (TPSA) is 128 Å². The summed E-state index contributed by atoms with van der Waals surface area (Å²) in [5.74, 6) is 1.14. The second-order valence-corrected chi connectivity index (χ2v) is 14.9. The van der Waals surface area contributed by atoms with Gasteiger partial charge in [-0.15, -0.1) is 0 Å². The maximum atomic E-state index is 13.8. The van der Waals surface area contributed by atoms with E-state index in [-0.39, 0.29) is 68.8 Å². The number of phosphoric acid groups is 2. The van der Waals surface area contributed by atoms with Crippen molar-refractivity contribution in [1.29, 1.82) is 0 Å². The Bertz CT molecular complexity index is 1430. The SMILES string of the molecule is CCOP(=O)(CN(CCOP(=O)(Oc1ccccc1)Oc1ccccc1)CCOP(=O)(Oc1ccccc1)Oc1ccccc1)OCC. The highest BCUT2D eigenvalue weighted by molar-refractivity contribution is 7.53. The van der Waals surface area contributed by atoms with Crippen LogP contribution in [0, 0.1) is 0 Å². The number of hydrogen-bond acceptors (Lipinski definition) is 12. The van der Waals surface area contributed by atoms with Crippen molar-refractivity contribution >= 4 is 23.2 Å². The minimum Gasteiger partial charge on any atom is -0.395 e. The van der Waals surface area contributed by atoms with Crippen molar-refractivity contribution in [2.24, 2.45) is 0 Å². The Morgan fingerprint density at radius 1 is 0.458 bits per heavy atom. The van der Waals surface area contributed by atoms with Gasteiger partial charge in [-0.1, -0.05) is 72.8 Å². The molecule has 48 heavy (non-hydrogen) atoms. The first kappa shape index (κ1) is 37.4. The van der Waals surface area contributed by atoms with Crippen molar-refractivity contribution in [2.45, 2.75) is 13.8 Å². The molecular formula is C33H40NO11P3. The lowest BCUT2D eigenvalue weighted by molar-refractivity contribution is 0.141. The van der Waals surface area contributed by atoms with E-state index in [0.717, 1.165) is 0 Å². The highest BCUT2D eigenvalue weighted by Gasteiger charge is 2.34. The number of nitrogens with zero attached hydrogens (tertiary/aromatic N) is 1. The normalized spacial score (nSPS) is 12.1. The maximum absolute atomic E-state index is 13.8. The molecule has 0 radical (unpaired) electrons. The number of phosphoric ester groups is 2. The quantitative estimate of drug-likeness (QED) is 0.0719. The van der Waals surface area contributed by atoms with Gasteiger partial charge in [0.15, 0.2) is 0 Å². The summed E-state index contributed by atoms with van der Waals surface area (Å²) in [6.45, 7) is 3.44. The van der Waals surface area contributed by atoms with Crippen LogP contribution >= 0.6 is 23.2 Å². The van der Waals surface area contributed by atoms with Crippen LogP contribution in [0.4, 0.5) is 0 Å². The van der Waals surface area contributed by atoms with E-state index < -0.39 is 23.2 Å². The highest BCUT2D eigenvalue weighted by atomic mass is 31.2. The van der Waals surface area contributed by atoms with Gasteiger partial charge in [0.25, 0.3) is 0 Å². The summed E-state index contributed by atoms with van der Waals surface area (Å²) in [4.78, 5) is 1.65. The van der Waals surface area contributed by atoms with E-state index in [9.17, 15) is 13.7 Å². The summed E-state index contributed by atoms with van der Waals surface area (Å²) < 4.78 is 86.5. The molecule has 15 heteroatoms. The van der Waals surface area contributed by atoms with Crippen molar-refractivity contribution < 1.29 is 49.9 Å². The predicted octanol–water partition coefficient (Wildman–Crippen LogP) is 9.08. The first-order valence-corrected chi connectivity index (χ1v) is 20.0. The maximum Gasteiger partial charge on any atom is 0.587 e. The molecule has 0 saturated carbocycles. The minimum absolute atomic E-state index is 0.0528. The van der Waals surface area contributed by atoms with Crippen LogP contribution in [0.15, 0.2) is 121 Å². The summed E-state index contributed by atoms with van der Waals surface area (Å²) in [7, 11) is -12.0. The average Bonchev–Trinajstić information content (AvgIpc) is 3.06. The number of para-hydroxylation sites is 4. The second-order valence-electron chi connectivity index (χ2n) is 9.88. The molecule has 0 atom stereocenters. The highest BCUT2D eigenvalue weighted by Crippen LogP contribution is 2.52. The van der Waals surface area contributed by atoms with Gasteiger partial charge < -0.3 is 27.1 Å². The van der Waals surface area contributed by atoms with Crippen LogP contribution in [-0.2, 0) is 31.8 Å². The Hall–Kier alpha value is -3.43. The molecule has 258 valence electrons. The fraction of sp³-hybridized carbons (Fsp3) is 0.273. The number of benzene rings is 4. The molecule has 0 aliphatic heterocycles. The molecule has 0 fully saturated rings. The molecule has 0 saturated heterocycles. The van der Waals surface area contributed by atoms with E-state index in [0.29, 0.717) is 0 Å². The molecule has 4 aromatic rings. The zero-order chi connectivity index (χ0) is 34.1. The summed E-state index contributed by atoms with van der Waals surface area (Å²) in [6, 6.07) is 34.0. The molecule has 4 aromatic carbocycles. The summed E-state index contributed by atoms with van der Waals surface area (Å²) in [5.41, 5.74) is 0. The van der Waals surface area contributed by atoms with Crippen LogP contribution in [0.5, 0.6) is 23.0 Å². The first-order valence-electron chi connectivity index (χ1n) is 15.3. The van der Waals surface area contributed by atoms with Gasteiger partial charge in [0, 0.05) is 13.1 Å². The van der Waals surface area contributed by atoms with Gasteiger partial charge in [-0.2, -0.15) is 0 Å². The summed E-state index contributed by atoms with van der Waals surface area (Å²) in [5, 5.41) is 0. The molecule has 0 aliphatic carbocycles. The van der Waals surface area contributed by atoms with Gasteiger partial charge >= 0.3 is 23.2 Å². The minimum atomic E-state index is -4.20. The molecular weight excluding hydrogens is 679 g/mol. The Kier molecular flexibility index (Phi) is 14.8. The molecule has 4 rings (SSSR count). The average molecular weight is 720 g/mol. The van der Waals surface area contributed by atoms with Crippen LogP contribution in [0.3, 0.4) is 0 Å². The van der Waals surface area contributed by atoms with E-state index >= 15 is 0 Å². The number of rotatable bonds is 22. The largest absolute Gasteiger partial charge is 0.587 e. The lowest BCUT2D eigenvalue weighted by atomic mass is 10.3. The fourth-order valence-electron chi connectivity index (χ4n) is 4.16. The summed E-state index contributed by atoms with van der Waals surface area (Å²) >= 11 is 0. The van der Waals surface area contributed by atoms with Gasteiger partial charge in [-0.3, -0.25) is 18.5 Å². The van der Waals surface area contributed by atoms with Crippen molar-refractivity contribution in [3.05, 3.63) is 121 Å². The predicted molar refractivity (Wildman–Crippen MR) is 183 cm³/mol. The van der Waals surface area contributed by atoms with Gasteiger partial charge in [0.05, 0.1) is 26.4 Å². The van der Waals surface area contributed by atoms with E-state index in [1.54, 1.807) is 140 Å². The van der Waals surface area contributed by atoms with Crippen LogP contribution < -0.4 is 18.1 Å². The molecule has 0 amide bonds.